The van der Waals surface area contributed by atoms with Gasteiger partial charge >= 0.3 is 0 Å². The van der Waals surface area contributed by atoms with Crippen molar-refractivity contribution < 1.29 is 17.9 Å². The third kappa shape index (κ3) is 3.90. The van der Waals surface area contributed by atoms with Crippen molar-refractivity contribution in [2.24, 2.45) is 5.14 Å². The summed E-state index contributed by atoms with van der Waals surface area (Å²) in [5.74, 6) is 0.304. The molecule has 0 aliphatic heterocycles. The number of hydrogen-bond acceptors (Lipinski definition) is 5. The Bertz CT molecular complexity index is 1030. The number of anilines is 1. The summed E-state index contributed by atoms with van der Waals surface area (Å²) in [4.78, 5) is 12.3. The zero-order chi connectivity index (χ0) is 18.7. The van der Waals surface area contributed by atoms with Crippen molar-refractivity contribution in [3.8, 4) is 17.0 Å². The minimum Gasteiger partial charge on any atom is -0.497 e. The van der Waals surface area contributed by atoms with E-state index in [1.807, 2.05) is 24.3 Å². The first kappa shape index (κ1) is 17.6. The highest BCUT2D eigenvalue weighted by Crippen LogP contribution is 2.21. The van der Waals surface area contributed by atoms with Gasteiger partial charge in [-0.05, 0) is 60.2 Å². The lowest BCUT2D eigenvalue weighted by Gasteiger charge is -2.04. The molecule has 0 fully saturated rings. The van der Waals surface area contributed by atoms with Crippen LogP contribution in [0.5, 0.6) is 5.75 Å². The van der Waals surface area contributed by atoms with Crippen LogP contribution >= 0.6 is 0 Å². The Hall–Kier alpha value is -3.17. The maximum atomic E-state index is 12.3. The molecule has 8 nitrogen and oxygen atoms in total. The van der Waals surface area contributed by atoms with Gasteiger partial charge in [0.05, 0.1) is 17.7 Å². The monoisotopic (exact) mass is 372 g/mol. The highest BCUT2D eigenvalue weighted by atomic mass is 32.2. The summed E-state index contributed by atoms with van der Waals surface area (Å²) in [6.07, 6.45) is 0. The van der Waals surface area contributed by atoms with Gasteiger partial charge in [-0.1, -0.05) is 0 Å². The van der Waals surface area contributed by atoms with E-state index in [1.54, 1.807) is 13.2 Å². The Morgan fingerprint density at radius 1 is 1.12 bits per heavy atom. The predicted octanol–water partition coefficient (Wildman–Crippen LogP) is 1.98. The van der Waals surface area contributed by atoms with Gasteiger partial charge in [0.15, 0.2) is 5.69 Å². The van der Waals surface area contributed by atoms with Crippen LogP contribution in [0.3, 0.4) is 0 Å². The molecule has 0 saturated heterocycles. The summed E-state index contributed by atoms with van der Waals surface area (Å²) in [7, 11) is -2.19. The number of nitrogens with one attached hydrogen (secondary N) is 2. The lowest BCUT2D eigenvalue weighted by molar-refractivity contribution is 0.102. The second kappa shape index (κ2) is 6.98. The van der Waals surface area contributed by atoms with E-state index in [2.05, 4.69) is 15.5 Å². The molecule has 26 heavy (non-hydrogen) atoms. The number of sulfonamides is 1. The highest BCUT2D eigenvalue weighted by Gasteiger charge is 2.13. The van der Waals surface area contributed by atoms with Crippen LogP contribution in [0.15, 0.2) is 59.5 Å². The second-order valence-corrected chi connectivity index (χ2v) is 6.98. The number of nitrogens with zero attached hydrogens (tertiary/aromatic N) is 1. The number of rotatable bonds is 5. The normalized spacial score (nSPS) is 11.2. The number of primary sulfonamides is 1. The van der Waals surface area contributed by atoms with Gasteiger partial charge in [0.1, 0.15) is 5.75 Å². The van der Waals surface area contributed by atoms with Crippen LogP contribution in [-0.2, 0) is 10.0 Å². The van der Waals surface area contributed by atoms with Crippen molar-refractivity contribution in [2.75, 3.05) is 12.4 Å². The molecule has 1 amide bonds. The van der Waals surface area contributed by atoms with Crippen molar-refractivity contribution in [1.29, 1.82) is 0 Å². The van der Waals surface area contributed by atoms with E-state index in [-0.39, 0.29) is 10.6 Å². The van der Waals surface area contributed by atoms with Gasteiger partial charge in [0.25, 0.3) is 5.91 Å². The number of methoxy groups -OCH3 is 1. The topological polar surface area (TPSA) is 127 Å². The number of H-pyrrole nitrogens is 1. The Morgan fingerprint density at radius 2 is 1.77 bits per heavy atom. The molecule has 0 bridgehead atoms. The minimum atomic E-state index is -3.77. The lowest BCUT2D eigenvalue weighted by Crippen LogP contribution is -2.14. The molecule has 0 aliphatic rings. The van der Waals surface area contributed by atoms with E-state index in [0.29, 0.717) is 11.4 Å². The second-order valence-electron chi connectivity index (χ2n) is 5.42. The van der Waals surface area contributed by atoms with E-state index in [0.717, 1.165) is 11.3 Å². The van der Waals surface area contributed by atoms with Gasteiger partial charge in [-0.25, -0.2) is 13.6 Å². The molecule has 1 aromatic heterocycles. The molecule has 4 N–H and O–H groups in total. The number of benzene rings is 2. The molecule has 1 heterocycles. The number of nitrogens with two attached hydrogens (primary N) is 1. The quantitative estimate of drug-likeness (QED) is 0.631. The van der Waals surface area contributed by atoms with Crippen LogP contribution in [0.2, 0.25) is 0 Å². The lowest BCUT2D eigenvalue weighted by atomic mass is 10.1. The zero-order valence-corrected chi connectivity index (χ0v) is 14.6. The molecule has 0 atom stereocenters. The Kier molecular flexibility index (Phi) is 4.74. The maximum absolute atomic E-state index is 12.3. The molecule has 3 aromatic rings. The number of ether oxygens (including phenoxy) is 1. The molecule has 2 aromatic carbocycles. The van der Waals surface area contributed by atoms with Crippen molar-refractivity contribution in [3.05, 3.63) is 60.3 Å². The van der Waals surface area contributed by atoms with Crippen molar-refractivity contribution in [2.45, 2.75) is 4.90 Å². The number of hydrogen-bond donors (Lipinski definition) is 3. The fourth-order valence-corrected chi connectivity index (χ4v) is 2.80. The molecule has 134 valence electrons. The van der Waals surface area contributed by atoms with E-state index in [1.165, 1.54) is 24.3 Å². The number of aromatic nitrogens is 2. The molecular formula is C17H16N4O4S. The van der Waals surface area contributed by atoms with Gasteiger partial charge in [-0.3, -0.25) is 9.89 Å². The van der Waals surface area contributed by atoms with Gasteiger partial charge < -0.3 is 10.1 Å². The molecule has 0 aliphatic carbocycles. The Labute approximate surface area is 150 Å². The van der Waals surface area contributed by atoms with Gasteiger partial charge in [0.2, 0.25) is 10.0 Å². The van der Waals surface area contributed by atoms with Crippen LogP contribution in [0.4, 0.5) is 5.69 Å². The van der Waals surface area contributed by atoms with Crippen LogP contribution in [0.1, 0.15) is 10.5 Å². The van der Waals surface area contributed by atoms with Crippen molar-refractivity contribution in [1.82, 2.24) is 10.2 Å². The van der Waals surface area contributed by atoms with Crippen LogP contribution in [0, 0.1) is 0 Å². The minimum absolute atomic E-state index is 0.0305. The van der Waals surface area contributed by atoms with Crippen LogP contribution in [-0.4, -0.2) is 31.6 Å². The first-order valence-electron chi connectivity index (χ1n) is 7.51. The van der Waals surface area contributed by atoms with Crippen LogP contribution in [0.25, 0.3) is 11.3 Å². The average molecular weight is 372 g/mol. The number of carbonyl (C=O) groups excluding carboxylic acids is 1. The average Bonchev–Trinajstić information content (AvgIpc) is 3.12. The Morgan fingerprint density at radius 3 is 2.35 bits per heavy atom. The van der Waals surface area contributed by atoms with E-state index in [9.17, 15) is 13.2 Å². The van der Waals surface area contributed by atoms with Crippen molar-refractivity contribution >= 4 is 21.6 Å². The third-order valence-corrected chi connectivity index (χ3v) is 4.58. The molecule has 9 heteroatoms. The summed E-state index contributed by atoms with van der Waals surface area (Å²) in [5.41, 5.74) is 2.17. The molecular weight excluding hydrogens is 356 g/mol. The van der Waals surface area contributed by atoms with Gasteiger partial charge in [-0.2, -0.15) is 5.10 Å². The summed E-state index contributed by atoms with van der Waals surface area (Å²) in [6.45, 7) is 0. The van der Waals surface area contributed by atoms with Crippen LogP contribution < -0.4 is 15.2 Å². The largest absolute Gasteiger partial charge is 0.497 e. The number of aromatic amines is 1. The fourth-order valence-electron chi connectivity index (χ4n) is 2.28. The molecule has 0 spiro atoms. The Balaban J connectivity index is 1.73. The predicted molar refractivity (Wildman–Crippen MR) is 96.3 cm³/mol. The van der Waals surface area contributed by atoms with E-state index in [4.69, 9.17) is 9.88 Å². The molecule has 3 rings (SSSR count). The summed E-state index contributed by atoms with van der Waals surface area (Å²) < 4.78 is 27.6. The summed E-state index contributed by atoms with van der Waals surface area (Å²) >= 11 is 0. The number of carbonyl (C=O) groups is 1. The smallest absolute Gasteiger partial charge is 0.276 e. The van der Waals surface area contributed by atoms with E-state index >= 15 is 0 Å². The molecule has 0 unspecified atom stereocenters. The molecule has 0 radical (unpaired) electrons. The molecule has 0 saturated carbocycles. The third-order valence-electron chi connectivity index (χ3n) is 3.65. The van der Waals surface area contributed by atoms with E-state index < -0.39 is 15.9 Å². The zero-order valence-electron chi connectivity index (χ0n) is 13.8. The first-order chi connectivity index (χ1) is 12.4. The fraction of sp³-hybridized carbons (Fsp3) is 0.0588. The maximum Gasteiger partial charge on any atom is 0.276 e. The summed E-state index contributed by atoms with van der Waals surface area (Å²) in [6, 6.07) is 14.5. The highest BCUT2D eigenvalue weighted by molar-refractivity contribution is 7.89. The summed E-state index contributed by atoms with van der Waals surface area (Å²) in [5, 5.41) is 14.5. The standard InChI is InChI=1S/C17H16N4O4S/c1-25-13-6-2-11(3-7-13)15-10-16(21-20-15)17(22)19-12-4-8-14(9-5-12)26(18,23)24/h2-10H,1H3,(H,19,22)(H,20,21)(H2,18,23,24). The van der Waals surface area contributed by atoms with Gasteiger partial charge in [-0.15, -0.1) is 0 Å². The van der Waals surface area contributed by atoms with Crippen molar-refractivity contribution in [3.63, 3.8) is 0 Å². The first-order valence-corrected chi connectivity index (χ1v) is 9.05. The number of amides is 1. The van der Waals surface area contributed by atoms with Gasteiger partial charge in [0, 0.05) is 5.69 Å². The SMILES string of the molecule is COc1ccc(-c2cc(C(=O)Nc3ccc(S(N)(=O)=O)cc3)n[nH]2)cc1.